The van der Waals surface area contributed by atoms with Gasteiger partial charge in [0.1, 0.15) is 17.5 Å². The molecule has 1 saturated carbocycles. The van der Waals surface area contributed by atoms with Crippen LogP contribution in [0.5, 0.6) is 0 Å². The van der Waals surface area contributed by atoms with Gasteiger partial charge in [-0.1, -0.05) is 30.0 Å². The monoisotopic (exact) mass is 385 g/mol. The van der Waals surface area contributed by atoms with E-state index in [1.165, 1.54) is 11.8 Å². The van der Waals surface area contributed by atoms with E-state index in [4.69, 9.17) is 0 Å². The first-order valence-electron chi connectivity index (χ1n) is 8.71. The lowest BCUT2D eigenvalue weighted by Crippen LogP contribution is -2.16. The van der Waals surface area contributed by atoms with Crippen LogP contribution in [0.4, 0.5) is 8.78 Å². The molecular weight excluding hydrogens is 368 g/mol. The lowest BCUT2D eigenvalue weighted by Gasteiger charge is -2.13. The molecule has 0 amide bonds. The number of benzene rings is 2. The van der Waals surface area contributed by atoms with Crippen LogP contribution < -0.4 is 0 Å². The van der Waals surface area contributed by atoms with Gasteiger partial charge in [0.05, 0.1) is 10.8 Å². The summed E-state index contributed by atoms with van der Waals surface area (Å²) in [6.07, 6.45) is 2.14. The van der Waals surface area contributed by atoms with Crippen molar-refractivity contribution in [3.05, 3.63) is 71.6 Å². The van der Waals surface area contributed by atoms with Crippen LogP contribution in [-0.4, -0.2) is 25.8 Å². The Morgan fingerprint density at radius 3 is 2.59 bits per heavy atom. The molecule has 0 spiro atoms. The molecule has 1 heterocycles. The molecular formula is C20H17F2N3OS. The van der Waals surface area contributed by atoms with E-state index in [0.717, 1.165) is 42.6 Å². The second-order valence-electron chi connectivity index (χ2n) is 6.53. The molecule has 1 unspecified atom stereocenters. The van der Waals surface area contributed by atoms with Gasteiger partial charge in [-0.05, 0) is 50.1 Å². The minimum absolute atomic E-state index is 0.247. The third kappa shape index (κ3) is 3.64. The maximum absolute atomic E-state index is 14.0. The summed E-state index contributed by atoms with van der Waals surface area (Å²) in [5.74, 6) is -0.593. The highest BCUT2D eigenvalue weighted by Crippen LogP contribution is 2.41. The van der Waals surface area contributed by atoms with Crippen LogP contribution in [0.1, 0.15) is 41.9 Å². The fourth-order valence-electron chi connectivity index (χ4n) is 2.90. The topological polar surface area (TPSA) is 47.8 Å². The van der Waals surface area contributed by atoms with Gasteiger partial charge in [-0.25, -0.2) is 8.78 Å². The molecule has 7 heteroatoms. The number of hydrogen-bond donors (Lipinski definition) is 0. The van der Waals surface area contributed by atoms with Crippen molar-refractivity contribution in [3.63, 3.8) is 0 Å². The van der Waals surface area contributed by atoms with Gasteiger partial charge >= 0.3 is 0 Å². The number of Topliss-reactive ketones (excluding diaryl/α,β-unsaturated/α-hetero) is 1. The van der Waals surface area contributed by atoms with Crippen molar-refractivity contribution >= 4 is 17.5 Å². The fraction of sp³-hybridized carbons (Fsp3) is 0.250. The molecule has 1 atom stereocenters. The van der Waals surface area contributed by atoms with Gasteiger partial charge in [-0.15, -0.1) is 10.2 Å². The zero-order valence-electron chi connectivity index (χ0n) is 14.6. The number of aromatic nitrogens is 3. The summed E-state index contributed by atoms with van der Waals surface area (Å²) in [5.41, 5.74) is 0.673. The molecule has 0 radical (unpaired) electrons. The molecule has 1 aromatic heterocycles. The molecule has 138 valence electrons. The summed E-state index contributed by atoms with van der Waals surface area (Å²) in [6.45, 7) is 1.66. The molecule has 27 heavy (non-hydrogen) atoms. The Kier molecular flexibility index (Phi) is 4.78. The normalized spacial score (nSPS) is 14.9. The molecule has 1 fully saturated rings. The van der Waals surface area contributed by atoms with E-state index >= 15 is 0 Å². The van der Waals surface area contributed by atoms with Crippen LogP contribution in [0.2, 0.25) is 0 Å². The van der Waals surface area contributed by atoms with E-state index in [0.29, 0.717) is 11.1 Å². The zero-order chi connectivity index (χ0) is 19.0. The summed E-state index contributed by atoms with van der Waals surface area (Å²) in [5, 5.41) is 8.52. The lowest BCUT2D eigenvalue weighted by molar-refractivity contribution is 0.0989. The van der Waals surface area contributed by atoms with Crippen LogP contribution >= 0.6 is 11.8 Å². The van der Waals surface area contributed by atoms with Gasteiger partial charge < -0.3 is 0 Å². The van der Waals surface area contributed by atoms with Crippen molar-refractivity contribution < 1.29 is 13.6 Å². The maximum Gasteiger partial charge on any atom is 0.196 e. The second-order valence-corrected chi connectivity index (χ2v) is 7.84. The lowest BCUT2D eigenvalue weighted by atomic mass is 10.1. The van der Waals surface area contributed by atoms with Gasteiger partial charge in [0.2, 0.25) is 0 Å². The zero-order valence-corrected chi connectivity index (χ0v) is 15.4. The molecule has 0 aliphatic heterocycles. The molecule has 0 bridgehead atoms. The van der Waals surface area contributed by atoms with Crippen molar-refractivity contribution in [1.29, 1.82) is 0 Å². The highest BCUT2D eigenvalue weighted by molar-refractivity contribution is 8.00. The standard InChI is InChI=1S/C20H17F2N3OS/c1-12(18(26)16-11-14(21)9-10-17(16)22)27-20-24-23-19(13-7-8-13)25(20)15-5-3-2-4-6-15/h2-6,9-13H,7-8H2,1H3. The number of para-hydroxylation sites is 1. The van der Waals surface area contributed by atoms with Gasteiger partial charge in [0.15, 0.2) is 10.9 Å². The highest BCUT2D eigenvalue weighted by atomic mass is 32.2. The number of rotatable bonds is 6. The number of ketones is 1. The van der Waals surface area contributed by atoms with Crippen LogP contribution in [0.3, 0.4) is 0 Å². The van der Waals surface area contributed by atoms with Gasteiger partial charge in [-0.2, -0.15) is 0 Å². The summed E-state index contributed by atoms with van der Waals surface area (Å²) in [6, 6.07) is 12.6. The Morgan fingerprint density at radius 1 is 1.15 bits per heavy atom. The molecule has 3 aromatic rings. The SMILES string of the molecule is CC(Sc1nnc(C2CC2)n1-c1ccccc1)C(=O)c1cc(F)ccc1F. The number of hydrogen-bond acceptors (Lipinski definition) is 4. The molecule has 0 saturated heterocycles. The first-order valence-corrected chi connectivity index (χ1v) is 9.59. The smallest absolute Gasteiger partial charge is 0.196 e. The van der Waals surface area contributed by atoms with Crippen molar-refractivity contribution in [3.8, 4) is 5.69 Å². The highest BCUT2D eigenvalue weighted by Gasteiger charge is 2.32. The van der Waals surface area contributed by atoms with Crippen molar-refractivity contribution in [2.45, 2.75) is 36.1 Å². The number of nitrogens with zero attached hydrogens (tertiary/aromatic N) is 3. The van der Waals surface area contributed by atoms with Crippen LogP contribution in [-0.2, 0) is 0 Å². The molecule has 1 aliphatic carbocycles. The molecule has 1 aliphatic rings. The van der Waals surface area contributed by atoms with Gasteiger partial charge in [0, 0.05) is 11.6 Å². The maximum atomic E-state index is 14.0. The van der Waals surface area contributed by atoms with E-state index < -0.39 is 22.7 Å². The van der Waals surface area contributed by atoms with Gasteiger partial charge in [0.25, 0.3) is 0 Å². The summed E-state index contributed by atoms with van der Waals surface area (Å²) >= 11 is 1.20. The summed E-state index contributed by atoms with van der Waals surface area (Å²) in [7, 11) is 0. The Hall–Kier alpha value is -2.54. The van der Waals surface area contributed by atoms with E-state index in [-0.39, 0.29) is 5.56 Å². The second kappa shape index (κ2) is 7.23. The summed E-state index contributed by atoms with van der Waals surface area (Å²) < 4.78 is 29.3. The molecule has 0 N–H and O–H groups in total. The minimum Gasteiger partial charge on any atom is -0.293 e. The Labute approximate surface area is 159 Å². The Bertz CT molecular complexity index is 986. The van der Waals surface area contributed by atoms with E-state index in [1.54, 1.807) is 6.92 Å². The average Bonchev–Trinajstić information content (AvgIpc) is 3.44. The number of thioether (sulfide) groups is 1. The van der Waals surface area contributed by atoms with Crippen molar-refractivity contribution in [1.82, 2.24) is 14.8 Å². The van der Waals surface area contributed by atoms with Crippen molar-refractivity contribution in [2.24, 2.45) is 0 Å². The third-order valence-corrected chi connectivity index (χ3v) is 5.50. The van der Waals surface area contributed by atoms with Crippen molar-refractivity contribution in [2.75, 3.05) is 0 Å². The van der Waals surface area contributed by atoms with Gasteiger partial charge in [-0.3, -0.25) is 9.36 Å². The number of carbonyl (C=O) groups excluding carboxylic acids is 1. The van der Waals surface area contributed by atoms with E-state index in [2.05, 4.69) is 10.2 Å². The van der Waals surface area contributed by atoms with Crippen LogP contribution in [0.15, 0.2) is 53.7 Å². The Balaban J connectivity index is 1.64. The third-order valence-electron chi connectivity index (χ3n) is 4.46. The largest absolute Gasteiger partial charge is 0.293 e. The minimum atomic E-state index is -0.725. The molecule has 2 aromatic carbocycles. The van der Waals surface area contributed by atoms with Crippen LogP contribution in [0, 0.1) is 11.6 Å². The quantitative estimate of drug-likeness (QED) is 0.452. The predicted molar refractivity (Wildman–Crippen MR) is 99.3 cm³/mol. The average molecular weight is 385 g/mol. The number of halogens is 2. The van der Waals surface area contributed by atoms with Crippen LogP contribution in [0.25, 0.3) is 5.69 Å². The van der Waals surface area contributed by atoms with E-state index in [1.807, 2.05) is 34.9 Å². The first-order chi connectivity index (χ1) is 13.0. The molecule has 4 nitrogen and oxygen atoms in total. The van der Waals surface area contributed by atoms with E-state index in [9.17, 15) is 13.6 Å². The fourth-order valence-corrected chi connectivity index (χ4v) is 3.84. The number of carbonyl (C=O) groups is 1. The Morgan fingerprint density at radius 2 is 1.89 bits per heavy atom. The summed E-state index contributed by atoms with van der Waals surface area (Å²) in [4.78, 5) is 12.6. The predicted octanol–water partition coefficient (Wildman–Crippen LogP) is 4.79. The first kappa shape index (κ1) is 17.9. The molecule has 4 rings (SSSR count).